The smallest absolute Gasteiger partial charge is 0.134 e. The fraction of sp³-hybridized carbons (Fsp3) is 0.667. The van der Waals surface area contributed by atoms with Gasteiger partial charge < -0.3 is 5.32 Å². The van der Waals surface area contributed by atoms with Gasteiger partial charge in [0.05, 0.1) is 0 Å². The van der Waals surface area contributed by atoms with Crippen LogP contribution in [-0.4, -0.2) is 40.5 Å². The Balaban J connectivity index is 1.93. The normalized spacial score (nSPS) is 20.8. The molecule has 5 heteroatoms. The lowest BCUT2D eigenvalue weighted by Crippen LogP contribution is -2.34. The van der Waals surface area contributed by atoms with Crippen LogP contribution in [0.25, 0.3) is 0 Å². The third kappa shape index (κ3) is 3.30. The van der Waals surface area contributed by atoms with Crippen LogP contribution in [0.2, 0.25) is 5.15 Å². The molecule has 0 aromatic carbocycles. The Labute approximate surface area is 107 Å². The van der Waals surface area contributed by atoms with E-state index < -0.39 is 0 Å². The summed E-state index contributed by atoms with van der Waals surface area (Å²) in [7, 11) is 0. The molecule has 1 aromatic rings. The maximum atomic E-state index is 5.90. The third-order valence-electron chi connectivity index (χ3n) is 3.23. The van der Waals surface area contributed by atoms with Gasteiger partial charge in [0.2, 0.25) is 0 Å². The van der Waals surface area contributed by atoms with E-state index in [1.807, 2.05) is 6.92 Å². The second kappa shape index (κ2) is 5.65. The van der Waals surface area contributed by atoms with Gasteiger partial charge in [0.15, 0.2) is 0 Å². The molecule has 1 aliphatic rings. The fourth-order valence-electron chi connectivity index (χ4n) is 2.39. The molecule has 4 nitrogen and oxygen atoms in total. The predicted octanol–water partition coefficient (Wildman–Crippen LogP) is 2.33. The van der Waals surface area contributed by atoms with Crippen molar-refractivity contribution in [2.75, 3.05) is 25.0 Å². The minimum Gasteiger partial charge on any atom is -0.368 e. The monoisotopic (exact) mass is 254 g/mol. The standard InChI is InChI=1S/C12H19ClN4/c1-3-17-6-4-5-10(17)8-14-12-7-11(13)15-9(2)16-12/h7,10H,3-6,8H2,1-2H3,(H,14,15,16)/t10-/m1/s1. The maximum absolute atomic E-state index is 5.90. The lowest BCUT2D eigenvalue weighted by Gasteiger charge is -2.23. The van der Waals surface area contributed by atoms with Crippen LogP contribution in [0.4, 0.5) is 5.82 Å². The highest BCUT2D eigenvalue weighted by Crippen LogP contribution is 2.17. The fourth-order valence-corrected chi connectivity index (χ4v) is 2.61. The number of hydrogen-bond acceptors (Lipinski definition) is 4. The van der Waals surface area contributed by atoms with Gasteiger partial charge >= 0.3 is 0 Å². The van der Waals surface area contributed by atoms with Crippen molar-refractivity contribution >= 4 is 17.4 Å². The molecular formula is C12H19ClN4. The topological polar surface area (TPSA) is 41.0 Å². The minimum absolute atomic E-state index is 0.499. The van der Waals surface area contributed by atoms with Gasteiger partial charge in [-0.15, -0.1) is 0 Å². The van der Waals surface area contributed by atoms with Crippen LogP contribution < -0.4 is 5.32 Å². The molecule has 1 aromatic heterocycles. The zero-order chi connectivity index (χ0) is 12.3. The summed E-state index contributed by atoms with van der Waals surface area (Å²) in [4.78, 5) is 10.9. The summed E-state index contributed by atoms with van der Waals surface area (Å²) in [5.74, 6) is 1.53. The highest BCUT2D eigenvalue weighted by atomic mass is 35.5. The van der Waals surface area contributed by atoms with Crippen molar-refractivity contribution in [1.82, 2.24) is 14.9 Å². The molecule has 1 N–H and O–H groups in total. The molecule has 1 aliphatic heterocycles. The second-order valence-electron chi connectivity index (χ2n) is 4.43. The highest BCUT2D eigenvalue weighted by molar-refractivity contribution is 6.29. The van der Waals surface area contributed by atoms with Gasteiger partial charge in [0, 0.05) is 18.7 Å². The molecule has 1 fully saturated rings. The van der Waals surface area contributed by atoms with E-state index in [0.717, 1.165) is 18.9 Å². The van der Waals surface area contributed by atoms with Crippen LogP contribution in [0.5, 0.6) is 0 Å². The molecule has 0 spiro atoms. The molecule has 0 unspecified atom stereocenters. The Morgan fingerprint density at radius 2 is 2.35 bits per heavy atom. The number of hydrogen-bond donors (Lipinski definition) is 1. The van der Waals surface area contributed by atoms with E-state index >= 15 is 0 Å². The van der Waals surface area contributed by atoms with Crippen molar-refractivity contribution in [3.05, 3.63) is 17.0 Å². The van der Waals surface area contributed by atoms with Gasteiger partial charge in [-0.1, -0.05) is 18.5 Å². The molecule has 0 radical (unpaired) electrons. The second-order valence-corrected chi connectivity index (χ2v) is 4.82. The van der Waals surface area contributed by atoms with Gasteiger partial charge in [-0.2, -0.15) is 0 Å². The summed E-state index contributed by atoms with van der Waals surface area (Å²) < 4.78 is 0. The van der Waals surface area contributed by atoms with Gasteiger partial charge in [0.25, 0.3) is 0 Å². The quantitative estimate of drug-likeness (QED) is 0.838. The molecule has 0 saturated carbocycles. The number of halogens is 1. The van der Waals surface area contributed by atoms with Gasteiger partial charge in [-0.25, -0.2) is 9.97 Å². The van der Waals surface area contributed by atoms with Gasteiger partial charge in [0.1, 0.15) is 16.8 Å². The van der Waals surface area contributed by atoms with Crippen LogP contribution in [0.15, 0.2) is 6.07 Å². The largest absolute Gasteiger partial charge is 0.368 e. The summed E-state index contributed by atoms with van der Waals surface area (Å²) in [6.45, 7) is 7.33. The number of aromatic nitrogens is 2. The van der Waals surface area contributed by atoms with Crippen LogP contribution in [0.1, 0.15) is 25.6 Å². The molecule has 2 heterocycles. The lowest BCUT2D eigenvalue weighted by atomic mass is 10.2. The first-order valence-corrected chi connectivity index (χ1v) is 6.56. The van der Waals surface area contributed by atoms with E-state index in [1.54, 1.807) is 6.07 Å². The number of nitrogens with one attached hydrogen (secondary N) is 1. The van der Waals surface area contributed by atoms with Crippen LogP contribution >= 0.6 is 11.6 Å². The average molecular weight is 255 g/mol. The van der Waals surface area contributed by atoms with E-state index in [9.17, 15) is 0 Å². The van der Waals surface area contributed by atoms with Crippen LogP contribution in [-0.2, 0) is 0 Å². The third-order valence-corrected chi connectivity index (χ3v) is 3.42. The average Bonchev–Trinajstić information content (AvgIpc) is 2.72. The Morgan fingerprint density at radius 3 is 3.06 bits per heavy atom. The first kappa shape index (κ1) is 12.6. The molecule has 17 heavy (non-hydrogen) atoms. The van der Waals surface area contributed by atoms with Gasteiger partial charge in [-0.05, 0) is 32.9 Å². The van der Waals surface area contributed by atoms with Crippen molar-refractivity contribution in [3.8, 4) is 0 Å². The van der Waals surface area contributed by atoms with Crippen LogP contribution in [0, 0.1) is 6.92 Å². The SMILES string of the molecule is CCN1CCC[C@@H]1CNc1cc(Cl)nc(C)n1. The van der Waals surface area contributed by atoms with Gasteiger partial charge in [-0.3, -0.25) is 4.90 Å². The Hall–Kier alpha value is -0.870. The first-order valence-electron chi connectivity index (χ1n) is 6.18. The zero-order valence-corrected chi connectivity index (χ0v) is 11.2. The van der Waals surface area contributed by atoms with Crippen molar-refractivity contribution in [3.63, 3.8) is 0 Å². The lowest BCUT2D eigenvalue weighted by molar-refractivity contribution is 0.277. The minimum atomic E-state index is 0.499. The molecule has 94 valence electrons. The summed E-state index contributed by atoms with van der Waals surface area (Å²) in [6.07, 6.45) is 2.56. The van der Waals surface area contributed by atoms with E-state index in [2.05, 4.69) is 27.1 Å². The Bertz CT molecular complexity index is 363. The summed E-state index contributed by atoms with van der Waals surface area (Å²) in [6, 6.07) is 2.40. The number of likely N-dealkylation sites (N-methyl/N-ethyl adjacent to an activating group) is 1. The summed E-state index contributed by atoms with van der Waals surface area (Å²) >= 11 is 5.90. The number of anilines is 1. The van der Waals surface area contributed by atoms with E-state index in [4.69, 9.17) is 11.6 Å². The van der Waals surface area contributed by atoms with Crippen molar-refractivity contribution in [1.29, 1.82) is 0 Å². The summed E-state index contributed by atoms with van der Waals surface area (Å²) in [5.41, 5.74) is 0. The Kier molecular flexibility index (Phi) is 4.18. The molecule has 1 saturated heterocycles. The van der Waals surface area contributed by atoms with Crippen molar-refractivity contribution in [2.24, 2.45) is 0 Å². The highest BCUT2D eigenvalue weighted by Gasteiger charge is 2.22. The van der Waals surface area contributed by atoms with E-state index in [0.29, 0.717) is 17.0 Å². The predicted molar refractivity (Wildman–Crippen MR) is 70.5 cm³/mol. The molecule has 0 aliphatic carbocycles. The number of rotatable bonds is 4. The Morgan fingerprint density at radius 1 is 1.53 bits per heavy atom. The molecule has 1 atom stereocenters. The zero-order valence-electron chi connectivity index (χ0n) is 10.4. The summed E-state index contributed by atoms with van der Waals surface area (Å²) in [5, 5.41) is 3.85. The van der Waals surface area contributed by atoms with Crippen LogP contribution in [0.3, 0.4) is 0 Å². The maximum Gasteiger partial charge on any atom is 0.134 e. The number of aryl methyl sites for hydroxylation is 1. The first-order chi connectivity index (χ1) is 8.19. The van der Waals surface area contributed by atoms with E-state index in [1.165, 1.54) is 19.4 Å². The number of likely N-dealkylation sites (tertiary alicyclic amines) is 1. The van der Waals surface area contributed by atoms with E-state index in [-0.39, 0.29) is 0 Å². The number of nitrogens with zero attached hydrogens (tertiary/aromatic N) is 3. The molecule has 0 amide bonds. The molecule has 2 rings (SSSR count). The van der Waals surface area contributed by atoms with Crippen molar-refractivity contribution in [2.45, 2.75) is 32.7 Å². The molecule has 0 bridgehead atoms. The van der Waals surface area contributed by atoms with Crippen molar-refractivity contribution < 1.29 is 0 Å². The molecular weight excluding hydrogens is 236 g/mol.